The molecule has 1 aliphatic heterocycles. The Hall–Kier alpha value is -3.89. The standard InChI is InChI=1S/C18H15FN2O8/c1-26-14-6-10(7-15-17(14)28-5-4-27-15)18(23)29-9-16(22)20-13-8-11(21(24)25)2-3-12(13)19/h2-3,6-8H,4-5,9H2,1H3,(H,20,22). The summed E-state index contributed by atoms with van der Waals surface area (Å²) in [7, 11) is 1.39. The average molecular weight is 406 g/mol. The quantitative estimate of drug-likeness (QED) is 0.440. The summed E-state index contributed by atoms with van der Waals surface area (Å²) in [6, 6.07) is 5.42. The third kappa shape index (κ3) is 4.51. The number of hydrogen-bond donors (Lipinski definition) is 1. The second-order valence-electron chi connectivity index (χ2n) is 5.75. The largest absolute Gasteiger partial charge is 0.493 e. The van der Waals surface area contributed by atoms with Crippen molar-refractivity contribution >= 4 is 23.3 Å². The molecule has 1 amide bonds. The Morgan fingerprint density at radius 2 is 2.00 bits per heavy atom. The lowest BCUT2D eigenvalue weighted by molar-refractivity contribution is -0.384. The van der Waals surface area contributed by atoms with Gasteiger partial charge in [-0.3, -0.25) is 14.9 Å². The third-order valence-corrected chi connectivity index (χ3v) is 3.83. The number of ether oxygens (including phenoxy) is 4. The van der Waals surface area contributed by atoms with Gasteiger partial charge < -0.3 is 24.3 Å². The number of benzene rings is 2. The lowest BCUT2D eigenvalue weighted by atomic mass is 10.1. The molecule has 152 valence electrons. The summed E-state index contributed by atoms with van der Waals surface area (Å²) < 4.78 is 34.6. The molecule has 0 atom stereocenters. The molecule has 10 nitrogen and oxygen atoms in total. The van der Waals surface area contributed by atoms with E-state index in [-0.39, 0.29) is 11.3 Å². The summed E-state index contributed by atoms with van der Waals surface area (Å²) in [6.45, 7) is -0.106. The third-order valence-electron chi connectivity index (χ3n) is 3.83. The number of methoxy groups -OCH3 is 1. The first-order valence-electron chi connectivity index (χ1n) is 8.27. The maximum Gasteiger partial charge on any atom is 0.338 e. The van der Waals surface area contributed by atoms with Gasteiger partial charge in [0.15, 0.2) is 18.1 Å². The van der Waals surface area contributed by atoms with Gasteiger partial charge in [-0.1, -0.05) is 0 Å². The number of nitro benzene ring substituents is 1. The van der Waals surface area contributed by atoms with Gasteiger partial charge >= 0.3 is 5.97 Å². The van der Waals surface area contributed by atoms with Crippen molar-refractivity contribution in [2.75, 3.05) is 32.2 Å². The molecule has 1 heterocycles. The van der Waals surface area contributed by atoms with E-state index in [4.69, 9.17) is 18.9 Å². The van der Waals surface area contributed by atoms with Crippen LogP contribution < -0.4 is 19.5 Å². The van der Waals surface area contributed by atoms with Crippen molar-refractivity contribution in [2.45, 2.75) is 0 Å². The van der Waals surface area contributed by atoms with E-state index in [0.29, 0.717) is 24.7 Å². The van der Waals surface area contributed by atoms with Crippen molar-refractivity contribution in [3.8, 4) is 17.2 Å². The molecule has 0 aromatic heterocycles. The average Bonchev–Trinajstić information content (AvgIpc) is 2.72. The number of esters is 1. The predicted octanol–water partition coefficient (Wildman–Crippen LogP) is 2.31. The van der Waals surface area contributed by atoms with Crippen molar-refractivity contribution < 1.29 is 37.9 Å². The van der Waals surface area contributed by atoms with Gasteiger partial charge in [0.05, 0.1) is 23.3 Å². The van der Waals surface area contributed by atoms with Crippen LogP contribution in [-0.2, 0) is 9.53 Å². The Labute approximate surface area is 163 Å². The highest BCUT2D eigenvalue weighted by molar-refractivity contribution is 5.96. The van der Waals surface area contributed by atoms with Crippen molar-refractivity contribution in [2.24, 2.45) is 0 Å². The van der Waals surface area contributed by atoms with Gasteiger partial charge in [0, 0.05) is 12.1 Å². The highest BCUT2D eigenvalue weighted by Gasteiger charge is 2.22. The molecule has 2 aromatic rings. The van der Waals surface area contributed by atoms with Crippen LogP contribution in [-0.4, -0.2) is 43.7 Å². The summed E-state index contributed by atoms with van der Waals surface area (Å²) in [4.78, 5) is 34.2. The number of halogens is 1. The minimum Gasteiger partial charge on any atom is -0.493 e. The number of rotatable bonds is 6. The molecule has 29 heavy (non-hydrogen) atoms. The first-order chi connectivity index (χ1) is 13.9. The van der Waals surface area contributed by atoms with Crippen LogP contribution in [0.4, 0.5) is 15.8 Å². The Balaban J connectivity index is 1.66. The molecule has 1 aliphatic rings. The van der Waals surface area contributed by atoms with Crippen molar-refractivity contribution in [3.05, 3.63) is 51.8 Å². The van der Waals surface area contributed by atoms with E-state index < -0.39 is 40.6 Å². The smallest absolute Gasteiger partial charge is 0.338 e. The number of carbonyl (C=O) groups is 2. The lowest BCUT2D eigenvalue weighted by Gasteiger charge is -2.21. The van der Waals surface area contributed by atoms with E-state index in [1.165, 1.54) is 19.2 Å². The zero-order valence-corrected chi connectivity index (χ0v) is 15.1. The summed E-state index contributed by atoms with van der Waals surface area (Å²) in [5.74, 6) is -1.68. The maximum atomic E-state index is 13.7. The van der Waals surface area contributed by atoms with Crippen LogP contribution in [0.3, 0.4) is 0 Å². The van der Waals surface area contributed by atoms with Crippen LogP contribution in [0.25, 0.3) is 0 Å². The molecule has 3 rings (SSSR count). The van der Waals surface area contributed by atoms with Gasteiger partial charge in [0.1, 0.15) is 19.0 Å². The van der Waals surface area contributed by atoms with Crippen molar-refractivity contribution in [3.63, 3.8) is 0 Å². The summed E-state index contributed by atoms with van der Waals surface area (Å²) >= 11 is 0. The Morgan fingerprint density at radius 1 is 1.24 bits per heavy atom. The van der Waals surface area contributed by atoms with E-state index in [1.54, 1.807) is 0 Å². The molecular weight excluding hydrogens is 391 g/mol. The van der Waals surface area contributed by atoms with Crippen molar-refractivity contribution in [1.29, 1.82) is 0 Å². The van der Waals surface area contributed by atoms with Crippen LogP contribution in [0.1, 0.15) is 10.4 Å². The lowest BCUT2D eigenvalue weighted by Crippen LogP contribution is -2.22. The highest BCUT2D eigenvalue weighted by atomic mass is 19.1. The molecule has 0 unspecified atom stereocenters. The second kappa shape index (κ2) is 8.42. The Morgan fingerprint density at radius 3 is 2.72 bits per heavy atom. The summed E-state index contributed by atoms with van der Waals surface area (Å²) in [5, 5.41) is 12.9. The molecule has 0 bridgehead atoms. The van der Waals surface area contributed by atoms with E-state index in [0.717, 1.165) is 18.2 Å². The van der Waals surface area contributed by atoms with E-state index in [9.17, 15) is 24.1 Å². The second-order valence-corrected chi connectivity index (χ2v) is 5.75. The minimum atomic E-state index is -0.873. The molecule has 2 aromatic carbocycles. The number of nitrogens with one attached hydrogen (secondary N) is 1. The van der Waals surface area contributed by atoms with Crippen molar-refractivity contribution in [1.82, 2.24) is 0 Å². The van der Waals surface area contributed by atoms with Crippen LogP contribution in [0, 0.1) is 15.9 Å². The van der Waals surface area contributed by atoms with E-state index in [1.807, 2.05) is 0 Å². The first kappa shape index (κ1) is 19.9. The van der Waals surface area contributed by atoms with Crippen LogP contribution >= 0.6 is 0 Å². The summed E-state index contributed by atoms with van der Waals surface area (Å²) in [6.07, 6.45) is 0. The number of non-ortho nitro benzene ring substituents is 1. The molecular formula is C18H15FN2O8. The monoisotopic (exact) mass is 406 g/mol. The predicted molar refractivity (Wildman–Crippen MR) is 96.0 cm³/mol. The van der Waals surface area contributed by atoms with Gasteiger partial charge in [-0.05, 0) is 18.2 Å². The fourth-order valence-corrected chi connectivity index (χ4v) is 2.51. The Bertz CT molecular complexity index is 961. The molecule has 0 saturated heterocycles. The topological polar surface area (TPSA) is 126 Å². The molecule has 1 N–H and O–H groups in total. The van der Waals surface area contributed by atoms with Crippen LogP contribution in [0.5, 0.6) is 17.2 Å². The molecule has 0 spiro atoms. The number of hydrogen-bond acceptors (Lipinski definition) is 8. The molecule has 0 radical (unpaired) electrons. The summed E-state index contributed by atoms with van der Waals surface area (Å²) in [5.41, 5.74) is -0.747. The molecule has 0 aliphatic carbocycles. The van der Waals surface area contributed by atoms with Crippen LogP contribution in [0.15, 0.2) is 30.3 Å². The number of nitro groups is 1. The zero-order valence-electron chi connectivity index (χ0n) is 15.1. The van der Waals surface area contributed by atoms with Gasteiger partial charge in [-0.2, -0.15) is 0 Å². The Kier molecular flexibility index (Phi) is 5.77. The SMILES string of the molecule is COc1cc(C(=O)OCC(=O)Nc2cc([N+](=O)[O-])ccc2F)cc2c1OCCO2. The van der Waals surface area contributed by atoms with E-state index in [2.05, 4.69) is 5.32 Å². The number of anilines is 1. The fraction of sp³-hybridized carbons (Fsp3) is 0.222. The number of carbonyl (C=O) groups excluding carboxylic acids is 2. The van der Waals surface area contributed by atoms with E-state index >= 15 is 0 Å². The normalized spacial score (nSPS) is 12.1. The highest BCUT2D eigenvalue weighted by Crippen LogP contribution is 2.40. The van der Waals surface area contributed by atoms with Gasteiger partial charge in [-0.25, -0.2) is 9.18 Å². The number of fused-ring (bicyclic) bond motifs is 1. The molecule has 0 saturated carbocycles. The van der Waals surface area contributed by atoms with Gasteiger partial charge in [0.25, 0.3) is 11.6 Å². The van der Waals surface area contributed by atoms with Gasteiger partial charge in [0.2, 0.25) is 5.75 Å². The van der Waals surface area contributed by atoms with Gasteiger partial charge in [-0.15, -0.1) is 0 Å². The number of amides is 1. The minimum absolute atomic E-state index is 0.0560. The fourth-order valence-electron chi connectivity index (χ4n) is 2.51. The zero-order chi connectivity index (χ0) is 21.0. The van der Waals surface area contributed by atoms with Crippen LogP contribution in [0.2, 0.25) is 0 Å². The first-order valence-corrected chi connectivity index (χ1v) is 8.27. The molecule has 0 fully saturated rings. The number of nitrogens with zero attached hydrogens (tertiary/aromatic N) is 1. The molecule has 11 heteroatoms. The maximum absolute atomic E-state index is 13.7.